The van der Waals surface area contributed by atoms with Crippen molar-refractivity contribution in [1.82, 2.24) is 0 Å². The minimum atomic E-state index is 0.801. The Kier molecular flexibility index (Phi) is 9.06. The van der Waals surface area contributed by atoms with Crippen LogP contribution >= 0.6 is 0 Å². The van der Waals surface area contributed by atoms with Gasteiger partial charge in [0.25, 0.3) is 0 Å². The second kappa shape index (κ2) is 12.0. The smallest absolute Gasteiger partial charge is 0.0162 e. The molecule has 1 aliphatic rings. The maximum atomic E-state index is 2.41. The summed E-state index contributed by atoms with van der Waals surface area (Å²) >= 11 is 0. The number of benzene rings is 2. The summed E-state index contributed by atoms with van der Waals surface area (Å²) in [6, 6.07) is 18.7. The van der Waals surface area contributed by atoms with Crippen molar-refractivity contribution in [2.75, 3.05) is 0 Å². The average Bonchev–Trinajstić information content (AvgIpc) is 2.78. The van der Waals surface area contributed by atoms with Crippen LogP contribution < -0.4 is 0 Å². The summed E-state index contributed by atoms with van der Waals surface area (Å²) in [5, 5.41) is 0. The van der Waals surface area contributed by atoms with Crippen LogP contribution in [0.2, 0.25) is 0 Å². The van der Waals surface area contributed by atoms with Gasteiger partial charge in [0, 0.05) is 0 Å². The lowest BCUT2D eigenvalue weighted by Gasteiger charge is -2.29. The molecular formula is C29H40. The molecule has 0 spiro atoms. The zero-order valence-electron chi connectivity index (χ0n) is 18.7. The fourth-order valence-electron chi connectivity index (χ4n) is 4.70. The van der Waals surface area contributed by atoms with Gasteiger partial charge in [0.15, 0.2) is 0 Å². The third kappa shape index (κ3) is 7.18. The summed E-state index contributed by atoms with van der Waals surface area (Å²) in [5.41, 5.74) is 5.80. The molecule has 2 aromatic rings. The molecule has 1 fully saturated rings. The maximum absolute atomic E-state index is 2.41. The average molecular weight is 389 g/mol. The first-order valence-corrected chi connectivity index (χ1v) is 12.1. The van der Waals surface area contributed by atoms with Crippen molar-refractivity contribution in [3.8, 4) is 0 Å². The fourth-order valence-corrected chi connectivity index (χ4v) is 4.70. The Labute approximate surface area is 179 Å². The van der Waals surface area contributed by atoms with Gasteiger partial charge in [0.1, 0.15) is 0 Å². The molecule has 0 amide bonds. The summed E-state index contributed by atoms with van der Waals surface area (Å²) < 4.78 is 0. The topological polar surface area (TPSA) is 0 Å². The Hall–Kier alpha value is -1.82. The molecule has 0 saturated heterocycles. The first-order chi connectivity index (χ1) is 14.3. The predicted molar refractivity (Wildman–Crippen MR) is 128 cm³/mol. The van der Waals surface area contributed by atoms with Crippen LogP contribution in [-0.2, 0) is 12.8 Å². The van der Waals surface area contributed by atoms with Crippen LogP contribution in [0, 0.1) is 5.92 Å². The van der Waals surface area contributed by atoms with Crippen molar-refractivity contribution in [3.05, 3.63) is 76.9 Å². The van der Waals surface area contributed by atoms with Crippen molar-refractivity contribution in [2.24, 2.45) is 5.92 Å². The summed E-state index contributed by atoms with van der Waals surface area (Å²) in [6.07, 6.45) is 19.0. The lowest BCUT2D eigenvalue weighted by molar-refractivity contribution is 0.304. The van der Waals surface area contributed by atoms with E-state index in [0.717, 1.165) is 31.1 Å². The minimum absolute atomic E-state index is 0.801. The zero-order chi connectivity index (χ0) is 20.3. The molecule has 0 heterocycles. The Morgan fingerprint density at radius 3 is 1.97 bits per heavy atom. The number of aryl methyl sites for hydroxylation is 2. The second-order valence-corrected chi connectivity index (χ2v) is 9.03. The molecule has 29 heavy (non-hydrogen) atoms. The molecule has 156 valence electrons. The molecular weight excluding hydrogens is 348 g/mol. The third-order valence-corrected chi connectivity index (χ3v) is 6.71. The SMILES string of the molecule is CCC/C=C/c1ccc(CCc2ccc(C3CCC(CCCC)CC3)cc2)cc1. The van der Waals surface area contributed by atoms with Crippen molar-refractivity contribution < 1.29 is 0 Å². The molecule has 3 rings (SSSR count). The minimum Gasteiger partial charge on any atom is -0.0840 e. The van der Waals surface area contributed by atoms with Gasteiger partial charge in [-0.2, -0.15) is 0 Å². The van der Waals surface area contributed by atoms with E-state index >= 15 is 0 Å². The van der Waals surface area contributed by atoms with Crippen LogP contribution in [0.15, 0.2) is 54.6 Å². The monoisotopic (exact) mass is 388 g/mol. The lowest BCUT2D eigenvalue weighted by atomic mass is 9.77. The van der Waals surface area contributed by atoms with E-state index in [1.54, 1.807) is 5.56 Å². The molecule has 0 aromatic heterocycles. The Morgan fingerprint density at radius 1 is 0.759 bits per heavy atom. The van der Waals surface area contributed by atoms with Gasteiger partial charge < -0.3 is 0 Å². The van der Waals surface area contributed by atoms with Gasteiger partial charge in [-0.15, -0.1) is 0 Å². The molecule has 0 atom stereocenters. The quantitative estimate of drug-likeness (QED) is 0.381. The molecule has 0 unspecified atom stereocenters. The number of unbranched alkanes of at least 4 members (excludes halogenated alkanes) is 2. The van der Waals surface area contributed by atoms with Gasteiger partial charge in [0.2, 0.25) is 0 Å². The molecule has 0 aliphatic heterocycles. The molecule has 0 nitrogen and oxygen atoms in total. The number of hydrogen-bond donors (Lipinski definition) is 0. The van der Waals surface area contributed by atoms with Crippen molar-refractivity contribution in [2.45, 2.75) is 90.4 Å². The first kappa shape index (κ1) is 21.9. The van der Waals surface area contributed by atoms with E-state index in [-0.39, 0.29) is 0 Å². The van der Waals surface area contributed by atoms with Gasteiger partial charge in [-0.25, -0.2) is 0 Å². The van der Waals surface area contributed by atoms with Crippen LogP contribution in [0.1, 0.15) is 99.8 Å². The molecule has 0 N–H and O–H groups in total. The van der Waals surface area contributed by atoms with Crippen LogP contribution in [0.3, 0.4) is 0 Å². The summed E-state index contributed by atoms with van der Waals surface area (Å²) in [4.78, 5) is 0. The molecule has 0 bridgehead atoms. The van der Waals surface area contributed by atoms with Crippen molar-refractivity contribution in [3.63, 3.8) is 0 Å². The number of rotatable bonds is 10. The summed E-state index contributed by atoms with van der Waals surface area (Å²) in [5.74, 6) is 1.80. The Balaban J connectivity index is 1.45. The van der Waals surface area contributed by atoms with E-state index in [0.29, 0.717) is 0 Å². The van der Waals surface area contributed by atoms with Gasteiger partial charge in [-0.05, 0) is 79.0 Å². The Bertz CT molecular complexity index is 712. The van der Waals surface area contributed by atoms with Crippen molar-refractivity contribution in [1.29, 1.82) is 0 Å². The first-order valence-electron chi connectivity index (χ1n) is 12.1. The van der Waals surface area contributed by atoms with Gasteiger partial charge in [0.05, 0.1) is 0 Å². The van der Waals surface area contributed by atoms with E-state index in [4.69, 9.17) is 0 Å². The zero-order valence-corrected chi connectivity index (χ0v) is 18.7. The van der Waals surface area contributed by atoms with Crippen LogP contribution in [-0.4, -0.2) is 0 Å². The van der Waals surface area contributed by atoms with Crippen LogP contribution in [0.25, 0.3) is 6.08 Å². The molecule has 1 saturated carbocycles. The molecule has 1 aliphatic carbocycles. The fraction of sp³-hybridized carbons (Fsp3) is 0.517. The molecule has 0 radical (unpaired) electrons. The number of hydrogen-bond acceptors (Lipinski definition) is 0. The van der Waals surface area contributed by atoms with Crippen LogP contribution in [0.4, 0.5) is 0 Å². The highest BCUT2D eigenvalue weighted by Gasteiger charge is 2.21. The van der Waals surface area contributed by atoms with E-state index in [1.165, 1.54) is 68.1 Å². The predicted octanol–water partition coefficient (Wildman–Crippen LogP) is 8.75. The lowest BCUT2D eigenvalue weighted by Crippen LogP contribution is -2.13. The van der Waals surface area contributed by atoms with E-state index < -0.39 is 0 Å². The summed E-state index contributed by atoms with van der Waals surface area (Å²) in [7, 11) is 0. The second-order valence-electron chi connectivity index (χ2n) is 9.03. The van der Waals surface area contributed by atoms with Gasteiger partial charge in [-0.1, -0.05) is 100 Å². The van der Waals surface area contributed by atoms with Gasteiger partial charge in [-0.3, -0.25) is 0 Å². The normalized spacial score (nSPS) is 19.7. The molecule has 0 heteroatoms. The highest BCUT2D eigenvalue weighted by atomic mass is 14.3. The van der Waals surface area contributed by atoms with E-state index in [2.05, 4.69) is 74.5 Å². The standard InChI is InChI=1S/C29H40/c1-3-5-7-9-25-10-12-26(13-11-25)14-15-27-18-22-29(23-19-27)28-20-16-24(17-21-28)8-6-4-2/h7,9-13,18-19,22-24,28H,3-6,8,14-17,20-21H2,1-2H3/b9-7+. The molecule has 2 aromatic carbocycles. The Morgan fingerprint density at radius 2 is 1.38 bits per heavy atom. The van der Waals surface area contributed by atoms with Crippen LogP contribution in [0.5, 0.6) is 0 Å². The maximum Gasteiger partial charge on any atom is -0.0162 e. The number of allylic oxidation sites excluding steroid dienone is 1. The van der Waals surface area contributed by atoms with Gasteiger partial charge >= 0.3 is 0 Å². The summed E-state index contributed by atoms with van der Waals surface area (Å²) in [6.45, 7) is 4.53. The third-order valence-electron chi connectivity index (χ3n) is 6.71. The van der Waals surface area contributed by atoms with E-state index in [9.17, 15) is 0 Å². The largest absolute Gasteiger partial charge is 0.0840 e. The van der Waals surface area contributed by atoms with E-state index in [1.807, 2.05) is 0 Å². The highest BCUT2D eigenvalue weighted by Crippen LogP contribution is 2.37. The van der Waals surface area contributed by atoms with Crippen molar-refractivity contribution >= 4 is 6.08 Å². The highest BCUT2D eigenvalue weighted by molar-refractivity contribution is 5.49.